The molecule has 1 aliphatic rings. The first-order valence-electron chi connectivity index (χ1n) is 9.76. The van der Waals surface area contributed by atoms with Crippen LogP contribution in [0.5, 0.6) is 0 Å². The van der Waals surface area contributed by atoms with Gasteiger partial charge in [-0.2, -0.15) is 0 Å². The Kier molecular flexibility index (Phi) is 5.85. The fourth-order valence-corrected chi connectivity index (χ4v) is 4.58. The lowest BCUT2D eigenvalue weighted by atomic mass is 9.98. The monoisotopic (exact) mass is 424 g/mol. The Bertz CT molecular complexity index is 1070. The third kappa shape index (κ3) is 4.38. The summed E-state index contributed by atoms with van der Waals surface area (Å²) in [6.45, 7) is 2.68. The average molecular weight is 425 g/mol. The van der Waals surface area contributed by atoms with Gasteiger partial charge in [-0.05, 0) is 49.2 Å². The Morgan fingerprint density at radius 2 is 1.90 bits per heavy atom. The zero-order valence-electron chi connectivity index (χ0n) is 16.5. The maximum atomic E-state index is 14.0. The second-order valence-corrected chi connectivity index (χ2v) is 8.28. The van der Waals surface area contributed by atoms with E-state index in [1.54, 1.807) is 42.5 Å². The molecule has 1 N–H and O–H groups in total. The number of anilines is 1. The summed E-state index contributed by atoms with van der Waals surface area (Å²) in [5, 5.41) is 12.5. The summed E-state index contributed by atoms with van der Waals surface area (Å²) in [5.41, 5.74) is 1.68. The van der Waals surface area contributed by atoms with Gasteiger partial charge in [0, 0.05) is 42.7 Å². The van der Waals surface area contributed by atoms with Crippen LogP contribution in [0.25, 0.3) is 10.6 Å². The summed E-state index contributed by atoms with van der Waals surface area (Å²) in [6, 6.07) is 13.4. The fourth-order valence-electron chi connectivity index (χ4n) is 3.59. The van der Waals surface area contributed by atoms with Gasteiger partial charge in [0.1, 0.15) is 10.8 Å². The molecule has 0 bridgehead atoms. The van der Waals surface area contributed by atoms with Crippen molar-refractivity contribution in [3.8, 4) is 10.6 Å². The molecular weight excluding hydrogens is 403 g/mol. The number of hydrogen-bond acceptors (Lipinski definition) is 5. The normalized spacial score (nSPS) is 16.3. The Labute approximate surface area is 177 Å². The molecule has 0 saturated carbocycles. The topological polar surface area (TPSA) is 75.2 Å². The number of carbonyl (C=O) groups is 2. The van der Waals surface area contributed by atoms with E-state index in [0.29, 0.717) is 34.9 Å². The Hall–Kier alpha value is -3.13. The highest BCUT2D eigenvalue weighted by Gasteiger charge is 2.28. The molecule has 1 atom stereocenters. The van der Waals surface area contributed by atoms with Crippen molar-refractivity contribution >= 4 is 28.8 Å². The minimum absolute atomic E-state index is 0.0482. The highest BCUT2D eigenvalue weighted by Crippen LogP contribution is 2.33. The highest BCUT2D eigenvalue weighted by atomic mass is 32.1. The molecule has 0 radical (unpaired) electrons. The molecule has 3 aromatic rings. The second kappa shape index (κ2) is 8.71. The van der Waals surface area contributed by atoms with Gasteiger partial charge in [-0.15, -0.1) is 10.2 Å². The largest absolute Gasteiger partial charge is 0.338 e. The lowest BCUT2D eigenvalue weighted by molar-refractivity contribution is -0.114. The molecule has 2 aromatic carbocycles. The summed E-state index contributed by atoms with van der Waals surface area (Å²) in [6.07, 6.45) is 1.78. The van der Waals surface area contributed by atoms with Crippen LogP contribution in [-0.4, -0.2) is 40.0 Å². The van der Waals surface area contributed by atoms with Crippen LogP contribution < -0.4 is 5.32 Å². The number of aromatic nitrogens is 2. The standard InChI is InChI=1S/C22H21FN4O2S/c1-14(28)24-17-10-8-15(9-11-17)22(29)27-12-4-5-16(13-27)20-25-26-21(30-20)18-6-2-3-7-19(18)23/h2-3,6-11,16H,4-5,12-13H2,1H3,(H,24,28)/t16-/m1/s1. The maximum absolute atomic E-state index is 14.0. The quantitative estimate of drug-likeness (QED) is 0.677. The van der Waals surface area contributed by atoms with E-state index in [9.17, 15) is 14.0 Å². The van der Waals surface area contributed by atoms with Crippen LogP contribution in [0.15, 0.2) is 48.5 Å². The first kappa shape index (κ1) is 20.2. The third-order valence-electron chi connectivity index (χ3n) is 5.05. The van der Waals surface area contributed by atoms with Crippen LogP contribution in [0.1, 0.15) is 41.0 Å². The van der Waals surface area contributed by atoms with E-state index in [1.807, 2.05) is 4.90 Å². The fraction of sp³-hybridized carbons (Fsp3) is 0.273. The molecule has 2 amide bonds. The third-order valence-corrected chi connectivity index (χ3v) is 6.17. The van der Waals surface area contributed by atoms with Crippen molar-refractivity contribution in [2.45, 2.75) is 25.7 Å². The van der Waals surface area contributed by atoms with E-state index in [4.69, 9.17) is 0 Å². The predicted molar refractivity (Wildman–Crippen MR) is 114 cm³/mol. The molecule has 1 fully saturated rings. The minimum Gasteiger partial charge on any atom is -0.338 e. The molecule has 154 valence electrons. The number of benzene rings is 2. The van der Waals surface area contributed by atoms with E-state index < -0.39 is 0 Å². The van der Waals surface area contributed by atoms with Gasteiger partial charge in [-0.1, -0.05) is 23.5 Å². The molecule has 1 aromatic heterocycles. The number of amides is 2. The van der Waals surface area contributed by atoms with Crippen molar-refractivity contribution in [2.75, 3.05) is 18.4 Å². The number of halogens is 1. The lowest BCUT2D eigenvalue weighted by Crippen LogP contribution is -2.39. The first-order chi connectivity index (χ1) is 14.5. The van der Waals surface area contributed by atoms with Gasteiger partial charge < -0.3 is 10.2 Å². The number of nitrogens with zero attached hydrogens (tertiary/aromatic N) is 3. The van der Waals surface area contributed by atoms with Crippen molar-refractivity contribution in [1.82, 2.24) is 15.1 Å². The van der Waals surface area contributed by atoms with Gasteiger partial charge in [0.15, 0.2) is 5.01 Å². The molecule has 0 aliphatic carbocycles. The zero-order valence-corrected chi connectivity index (χ0v) is 17.3. The number of rotatable bonds is 4. The number of nitrogens with one attached hydrogen (secondary N) is 1. The van der Waals surface area contributed by atoms with Gasteiger partial charge in [0.2, 0.25) is 5.91 Å². The summed E-state index contributed by atoms with van der Waals surface area (Å²) in [5.74, 6) is -0.435. The summed E-state index contributed by atoms with van der Waals surface area (Å²) >= 11 is 1.38. The highest BCUT2D eigenvalue weighted by molar-refractivity contribution is 7.14. The molecule has 1 aliphatic heterocycles. The summed E-state index contributed by atoms with van der Waals surface area (Å²) in [7, 11) is 0. The smallest absolute Gasteiger partial charge is 0.253 e. The maximum Gasteiger partial charge on any atom is 0.253 e. The van der Waals surface area contributed by atoms with Crippen LogP contribution in [0, 0.1) is 5.82 Å². The Balaban J connectivity index is 1.46. The number of likely N-dealkylation sites (tertiary alicyclic amines) is 1. The van der Waals surface area contributed by atoms with E-state index in [0.717, 1.165) is 17.8 Å². The van der Waals surface area contributed by atoms with Gasteiger partial charge in [-0.3, -0.25) is 9.59 Å². The number of hydrogen-bond donors (Lipinski definition) is 1. The van der Waals surface area contributed by atoms with Crippen molar-refractivity contribution in [3.63, 3.8) is 0 Å². The van der Waals surface area contributed by atoms with E-state index in [2.05, 4.69) is 15.5 Å². The van der Waals surface area contributed by atoms with Crippen LogP contribution in [0.2, 0.25) is 0 Å². The molecule has 30 heavy (non-hydrogen) atoms. The van der Waals surface area contributed by atoms with Crippen molar-refractivity contribution in [2.24, 2.45) is 0 Å². The average Bonchev–Trinajstić information content (AvgIpc) is 3.24. The molecule has 0 spiro atoms. The van der Waals surface area contributed by atoms with Gasteiger partial charge in [-0.25, -0.2) is 4.39 Å². The summed E-state index contributed by atoms with van der Waals surface area (Å²) < 4.78 is 14.0. The number of piperidine rings is 1. The first-order valence-corrected chi connectivity index (χ1v) is 10.6. The van der Waals surface area contributed by atoms with Gasteiger partial charge >= 0.3 is 0 Å². The second-order valence-electron chi connectivity index (χ2n) is 7.27. The van der Waals surface area contributed by atoms with Crippen LogP contribution in [0.4, 0.5) is 10.1 Å². The molecule has 2 heterocycles. The van der Waals surface area contributed by atoms with Crippen molar-refractivity contribution < 1.29 is 14.0 Å². The zero-order chi connectivity index (χ0) is 21.1. The van der Waals surface area contributed by atoms with Crippen LogP contribution >= 0.6 is 11.3 Å². The molecular formula is C22H21FN4O2S. The minimum atomic E-state index is -0.316. The van der Waals surface area contributed by atoms with E-state index in [-0.39, 0.29) is 23.5 Å². The Morgan fingerprint density at radius 3 is 2.63 bits per heavy atom. The SMILES string of the molecule is CC(=O)Nc1ccc(C(=O)N2CCC[C@@H](c3nnc(-c4ccccc4F)s3)C2)cc1. The van der Waals surface area contributed by atoms with Crippen molar-refractivity contribution in [3.05, 3.63) is 64.9 Å². The molecule has 1 saturated heterocycles. The van der Waals surface area contributed by atoms with Gasteiger partial charge in [0.05, 0.1) is 0 Å². The van der Waals surface area contributed by atoms with E-state index >= 15 is 0 Å². The van der Waals surface area contributed by atoms with Crippen LogP contribution in [-0.2, 0) is 4.79 Å². The summed E-state index contributed by atoms with van der Waals surface area (Å²) in [4.78, 5) is 25.9. The van der Waals surface area contributed by atoms with Crippen molar-refractivity contribution in [1.29, 1.82) is 0 Å². The molecule has 0 unspecified atom stereocenters. The molecule has 6 nitrogen and oxygen atoms in total. The predicted octanol–water partition coefficient (Wildman–Crippen LogP) is 4.32. The lowest BCUT2D eigenvalue weighted by Gasteiger charge is -2.31. The van der Waals surface area contributed by atoms with Gasteiger partial charge in [0.25, 0.3) is 5.91 Å². The van der Waals surface area contributed by atoms with E-state index in [1.165, 1.54) is 24.3 Å². The Morgan fingerprint density at radius 1 is 1.13 bits per heavy atom. The number of carbonyl (C=O) groups excluding carboxylic acids is 2. The molecule has 4 rings (SSSR count). The molecule has 8 heteroatoms. The van der Waals surface area contributed by atoms with Crippen LogP contribution in [0.3, 0.4) is 0 Å².